The number of nitrogens with one attached hydrogen (secondary N) is 1. The third kappa shape index (κ3) is 2.83. The molecule has 98 valence electrons. The van der Waals surface area contributed by atoms with Crippen LogP contribution in [-0.2, 0) is 0 Å². The number of halogens is 1. The van der Waals surface area contributed by atoms with Crippen LogP contribution in [-0.4, -0.2) is 16.2 Å². The van der Waals surface area contributed by atoms with Crippen molar-refractivity contribution in [1.82, 2.24) is 9.97 Å². The molecule has 0 aliphatic rings. The molecule has 1 aromatic heterocycles. The van der Waals surface area contributed by atoms with E-state index in [0.717, 1.165) is 20.9 Å². The molecule has 3 aromatic rings. The Morgan fingerprint density at radius 1 is 1.00 bits per heavy atom. The summed E-state index contributed by atoms with van der Waals surface area (Å²) >= 11 is 3.40. The lowest BCUT2D eigenvalue weighted by atomic mass is 10.2. The zero-order valence-electron chi connectivity index (χ0n) is 10.5. The van der Waals surface area contributed by atoms with Crippen molar-refractivity contribution in [2.24, 2.45) is 5.10 Å². The molecule has 0 aliphatic carbocycles. The van der Waals surface area contributed by atoms with Gasteiger partial charge < -0.3 is 0 Å². The SMILES string of the molecule is Brc1ccc(/C=N/Nc2ncnc3ccccc23)cc1. The molecule has 0 saturated heterocycles. The molecule has 0 saturated carbocycles. The molecule has 0 aliphatic heterocycles. The predicted octanol–water partition coefficient (Wildman–Crippen LogP) is 3.84. The van der Waals surface area contributed by atoms with Crippen LogP contribution < -0.4 is 5.43 Å². The van der Waals surface area contributed by atoms with E-state index in [1.807, 2.05) is 48.5 Å². The molecule has 1 heterocycles. The molecule has 0 spiro atoms. The summed E-state index contributed by atoms with van der Waals surface area (Å²) in [7, 11) is 0. The average molecular weight is 327 g/mol. The highest BCUT2D eigenvalue weighted by Gasteiger charge is 2.00. The van der Waals surface area contributed by atoms with Crippen LogP contribution in [0.3, 0.4) is 0 Å². The van der Waals surface area contributed by atoms with Gasteiger partial charge in [-0.05, 0) is 29.8 Å². The van der Waals surface area contributed by atoms with E-state index in [0.29, 0.717) is 5.82 Å². The Hall–Kier alpha value is -2.27. The molecule has 0 atom stereocenters. The van der Waals surface area contributed by atoms with Crippen molar-refractivity contribution >= 4 is 38.9 Å². The Morgan fingerprint density at radius 3 is 2.65 bits per heavy atom. The maximum atomic E-state index is 4.21. The largest absolute Gasteiger partial charge is 0.261 e. The van der Waals surface area contributed by atoms with Crippen LogP contribution >= 0.6 is 15.9 Å². The molecule has 0 bridgehead atoms. The smallest absolute Gasteiger partial charge is 0.157 e. The number of anilines is 1. The van der Waals surface area contributed by atoms with Crippen molar-refractivity contribution in [3.8, 4) is 0 Å². The number of para-hydroxylation sites is 1. The highest BCUT2D eigenvalue weighted by atomic mass is 79.9. The fraction of sp³-hybridized carbons (Fsp3) is 0. The summed E-state index contributed by atoms with van der Waals surface area (Å²) in [6.07, 6.45) is 3.28. The minimum Gasteiger partial charge on any atom is -0.261 e. The lowest BCUT2D eigenvalue weighted by Gasteiger charge is -2.03. The fourth-order valence-corrected chi connectivity index (χ4v) is 2.08. The molecule has 0 fully saturated rings. The molecular weight excluding hydrogens is 316 g/mol. The van der Waals surface area contributed by atoms with Gasteiger partial charge in [0.05, 0.1) is 11.7 Å². The van der Waals surface area contributed by atoms with Gasteiger partial charge in [0.1, 0.15) is 6.33 Å². The number of fused-ring (bicyclic) bond motifs is 1. The first kappa shape index (κ1) is 12.7. The van der Waals surface area contributed by atoms with E-state index in [9.17, 15) is 0 Å². The minimum absolute atomic E-state index is 0.698. The zero-order valence-corrected chi connectivity index (χ0v) is 12.1. The zero-order chi connectivity index (χ0) is 13.8. The summed E-state index contributed by atoms with van der Waals surface area (Å²) in [5.41, 5.74) is 4.86. The molecule has 3 rings (SSSR count). The van der Waals surface area contributed by atoms with Gasteiger partial charge >= 0.3 is 0 Å². The highest BCUT2D eigenvalue weighted by molar-refractivity contribution is 9.10. The Morgan fingerprint density at radius 2 is 1.80 bits per heavy atom. The van der Waals surface area contributed by atoms with Gasteiger partial charge in [-0.15, -0.1) is 0 Å². The minimum atomic E-state index is 0.698. The first-order valence-electron chi connectivity index (χ1n) is 6.07. The first-order valence-corrected chi connectivity index (χ1v) is 6.86. The summed E-state index contributed by atoms with van der Waals surface area (Å²) in [5.74, 6) is 0.698. The van der Waals surface area contributed by atoms with Gasteiger partial charge in [-0.25, -0.2) is 9.97 Å². The van der Waals surface area contributed by atoms with Crippen LogP contribution in [0.4, 0.5) is 5.82 Å². The van der Waals surface area contributed by atoms with Crippen molar-refractivity contribution in [1.29, 1.82) is 0 Å². The van der Waals surface area contributed by atoms with Gasteiger partial charge in [0.25, 0.3) is 0 Å². The summed E-state index contributed by atoms with van der Waals surface area (Å²) in [5, 5.41) is 5.16. The molecule has 4 nitrogen and oxygen atoms in total. The Bertz CT molecular complexity index is 748. The second-order valence-corrected chi connectivity index (χ2v) is 5.08. The topological polar surface area (TPSA) is 50.2 Å². The van der Waals surface area contributed by atoms with E-state index in [4.69, 9.17) is 0 Å². The number of hydrogen-bond donors (Lipinski definition) is 1. The van der Waals surface area contributed by atoms with Gasteiger partial charge in [0.2, 0.25) is 0 Å². The lowest BCUT2D eigenvalue weighted by molar-refractivity contribution is 1.18. The third-order valence-electron chi connectivity index (χ3n) is 2.80. The van der Waals surface area contributed by atoms with Crippen LogP contribution in [0.5, 0.6) is 0 Å². The summed E-state index contributed by atoms with van der Waals surface area (Å²) < 4.78 is 1.05. The Labute approximate surface area is 124 Å². The van der Waals surface area contributed by atoms with Gasteiger partial charge in [0, 0.05) is 9.86 Å². The number of rotatable bonds is 3. The van der Waals surface area contributed by atoms with Gasteiger partial charge in [0.15, 0.2) is 5.82 Å². The van der Waals surface area contributed by atoms with E-state index in [1.54, 1.807) is 6.21 Å². The van der Waals surface area contributed by atoms with Gasteiger partial charge in [-0.1, -0.05) is 40.2 Å². The fourth-order valence-electron chi connectivity index (χ4n) is 1.81. The quantitative estimate of drug-likeness (QED) is 0.587. The summed E-state index contributed by atoms with van der Waals surface area (Å²) in [6.45, 7) is 0. The first-order chi connectivity index (χ1) is 9.83. The van der Waals surface area contributed by atoms with Crippen LogP contribution in [0.2, 0.25) is 0 Å². The standard InChI is InChI=1S/C15H11BrN4/c16-12-7-5-11(6-8-12)9-19-20-15-13-3-1-2-4-14(13)17-10-18-15/h1-10H,(H,17,18,20)/b19-9+. The molecule has 1 N–H and O–H groups in total. The van der Waals surface area contributed by atoms with E-state index < -0.39 is 0 Å². The molecule has 5 heteroatoms. The molecule has 20 heavy (non-hydrogen) atoms. The Balaban J connectivity index is 1.81. The monoisotopic (exact) mass is 326 g/mol. The second-order valence-electron chi connectivity index (χ2n) is 4.16. The van der Waals surface area contributed by atoms with E-state index in [1.165, 1.54) is 6.33 Å². The molecule has 0 unspecified atom stereocenters. The van der Waals surface area contributed by atoms with Crippen molar-refractivity contribution in [2.75, 3.05) is 5.43 Å². The lowest BCUT2D eigenvalue weighted by Crippen LogP contribution is -1.95. The normalized spacial score (nSPS) is 11.1. The predicted molar refractivity (Wildman–Crippen MR) is 84.9 cm³/mol. The van der Waals surface area contributed by atoms with Gasteiger partial charge in [-0.2, -0.15) is 5.10 Å². The average Bonchev–Trinajstić information content (AvgIpc) is 2.49. The van der Waals surface area contributed by atoms with Crippen molar-refractivity contribution in [3.05, 3.63) is 64.9 Å². The second kappa shape index (κ2) is 5.79. The highest BCUT2D eigenvalue weighted by Crippen LogP contribution is 2.18. The number of hydrazone groups is 1. The van der Waals surface area contributed by atoms with E-state index in [-0.39, 0.29) is 0 Å². The van der Waals surface area contributed by atoms with Gasteiger partial charge in [-0.3, -0.25) is 5.43 Å². The van der Waals surface area contributed by atoms with Crippen LogP contribution in [0.15, 0.2) is 64.4 Å². The van der Waals surface area contributed by atoms with E-state index >= 15 is 0 Å². The number of benzene rings is 2. The van der Waals surface area contributed by atoms with Crippen molar-refractivity contribution in [3.63, 3.8) is 0 Å². The van der Waals surface area contributed by atoms with Crippen molar-refractivity contribution < 1.29 is 0 Å². The molecule has 0 amide bonds. The maximum Gasteiger partial charge on any atom is 0.157 e. The number of aromatic nitrogens is 2. The van der Waals surface area contributed by atoms with Crippen LogP contribution in [0.25, 0.3) is 10.9 Å². The Kier molecular flexibility index (Phi) is 3.69. The third-order valence-corrected chi connectivity index (χ3v) is 3.33. The van der Waals surface area contributed by atoms with E-state index in [2.05, 4.69) is 36.4 Å². The molecule has 0 radical (unpaired) electrons. The summed E-state index contributed by atoms with van der Waals surface area (Å²) in [6, 6.07) is 15.7. The number of nitrogens with zero attached hydrogens (tertiary/aromatic N) is 3. The molecule has 2 aromatic carbocycles. The van der Waals surface area contributed by atoms with Crippen LogP contribution in [0.1, 0.15) is 5.56 Å². The van der Waals surface area contributed by atoms with Crippen LogP contribution in [0, 0.1) is 0 Å². The molecular formula is C15H11BrN4. The van der Waals surface area contributed by atoms with Crippen molar-refractivity contribution in [2.45, 2.75) is 0 Å². The maximum absolute atomic E-state index is 4.21. The summed E-state index contributed by atoms with van der Waals surface area (Å²) in [4.78, 5) is 8.42. The number of hydrogen-bond acceptors (Lipinski definition) is 4.